The molecule has 2 heterocycles. The predicted molar refractivity (Wildman–Crippen MR) is 82.5 cm³/mol. The third kappa shape index (κ3) is 2.43. The fourth-order valence-corrected chi connectivity index (χ4v) is 5.88. The summed E-state index contributed by atoms with van der Waals surface area (Å²) >= 11 is 0.0394. The summed E-state index contributed by atoms with van der Waals surface area (Å²) in [5.74, 6) is 2.28. The topological polar surface area (TPSA) is 40.5 Å². The summed E-state index contributed by atoms with van der Waals surface area (Å²) in [6.07, 6.45) is 7.89. The fraction of sp³-hybridized carbons (Fsp3) is 0.562. The molecule has 0 N–H and O–H groups in total. The molecule has 5 heteroatoms. The van der Waals surface area contributed by atoms with Crippen molar-refractivity contribution in [1.29, 1.82) is 0 Å². The summed E-state index contributed by atoms with van der Waals surface area (Å²) in [6, 6.07) is 3.77. The van der Waals surface area contributed by atoms with Crippen molar-refractivity contribution >= 4 is 24.4 Å². The van der Waals surface area contributed by atoms with Crippen molar-refractivity contribution < 1.29 is 9.47 Å². The first kappa shape index (κ1) is 13.5. The van der Waals surface area contributed by atoms with Crippen LogP contribution in [0.2, 0.25) is 0 Å². The quantitative estimate of drug-likeness (QED) is 0.616. The molecule has 1 aromatic heterocycles. The molecule has 0 bridgehead atoms. The fourth-order valence-electron chi connectivity index (χ4n) is 3.39. The molecule has 0 unspecified atom stereocenters. The van der Waals surface area contributed by atoms with Gasteiger partial charge in [-0.1, -0.05) is 0 Å². The molecule has 4 nitrogen and oxygen atoms in total. The number of ether oxygens (including phenoxy) is 2. The van der Waals surface area contributed by atoms with Gasteiger partial charge in [0.1, 0.15) is 0 Å². The van der Waals surface area contributed by atoms with Crippen LogP contribution in [0.4, 0.5) is 0 Å². The van der Waals surface area contributed by atoms with Gasteiger partial charge in [0.25, 0.3) is 0 Å². The van der Waals surface area contributed by atoms with Crippen LogP contribution < -0.4 is 15.0 Å². The summed E-state index contributed by atoms with van der Waals surface area (Å²) in [4.78, 5) is 12.6. The van der Waals surface area contributed by atoms with Crippen LogP contribution in [0.25, 0.3) is 9.65 Å². The molecule has 1 aliphatic heterocycles. The molecule has 1 fully saturated rings. The third-order valence-corrected chi connectivity index (χ3v) is 6.91. The molecule has 21 heavy (non-hydrogen) atoms. The normalized spacial score (nSPS) is 19.0. The van der Waals surface area contributed by atoms with Gasteiger partial charge in [-0.05, 0) is 0 Å². The van der Waals surface area contributed by atoms with E-state index in [1.54, 1.807) is 0 Å². The summed E-state index contributed by atoms with van der Waals surface area (Å²) in [6.45, 7) is 1.20. The number of hydrogen-bond donors (Lipinski definition) is 0. The van der Waals surface area contributed by atoms with Gasteiger partial charge in [-0.2, -0.15) is 0 Å². The van der Waals surface area contributed by atoms with Gasteiger partial charge in [0.15, 0.2) is 0 Å². The molecule has 2 aliphatic rings. The van der Waals surface area contributed by atoms with Gasteiger partial charge in [0, 0.05) is 0 Å². The van der Waals surface area contributed by atoms with Crippen molar-refractivity contribution in [3.8, 4) is 11.5 Å². The molecule has 2 aromatic rings. The van der Waals surface area contributed by atoms with Crippen LogP contribution in [0, 0.1) is 5.92 Å². The Balaban J connectivity index is 1.69. The van der Waals surface area contributed by atoms with Crippen molar-refractivity contribution in [2.75, 3.05) is 6.79 Å². The van der Waals surface area contributed by atoms with Crippen LogP contribution in [0.1, 0.15) is 38.5 Å². The second-order valence-electron chi connectivity index (χ2n) is 5.99. The van der Waals surface area contributed by atoms with Crippen LogP contribution >= 0.6 is 0 Å². The van der Waals surface area contributed by atoms with Gasteiger partial charge in [0.2, 0.25) is 0 Å². The number of benzene rings is 1. The average molecular weight is 352 g/mol. The number of fused-ring (bicyclic) bond motifs is 3. The van der Waals surface area contributed by atoms with Gasteiger partial charge in [-0.25, -0.2) is 0 Å². The Morgan fingerprint density at radius 2 is 1.95 bits per heavy atom. The maximum atomic E-state index is 12.6. The molecule has 4 rings (SSSR count). The van der Waals surface area contributed by atoms with E-state index in [1.165, 1.54) is 38.5 Å². The molecule has 1 aromatic carbocycles. The van der Waals surface area contributed by atoms with Gasteiger partial charge in [-0.15, -0.1) is 0 Å². The van der Waals surface area contributed by atoms with E-state index in [9.17, 15) is 4.79 Å². The zero-order valence-corrected chi connectivity index (χ0v) is 13.7. The Labute approximate surface area is 129 Å². The van der Waals surface area contributed by atoms with Crippen LogP contribution in [-0.4, -0.2) is 25.1 Å². The summed E-state index contributed by atoms with van der Waals surface area (Å²) in [5.41, 5.74) is 0.188. The van der Waals surface area contributed by atoms with E-state index in [0.29, 0.717) is 5.92 Å². The van der Waals surface area contributed by atoms with Crippen LogP contribution in [-0.2, 0) is 6.54 Å². The van der Waals surface area contributed by atoms with Crippen LogP contribution in [0.15, 0.2) is 16.9 Å². The van der Waals surface area contributed by atoms with Crippen molar-refractivity contribution in [1.82, 2.24) is 3.56 Å². The Kier molecular flexibility index (Phi) is 3.56. The Hall–Kier alpha value is -1.19. The monoisotopic (exact) mass is 353 g/mol. The molecule has 0 spiro atoms. The van der Waals surface area contributed by atoms with E-state index in [0.717, 1.165) is 27.7 Å². The van der Waals surface area contributed by atoms with Crippen LogP contribution in [0.3, 0.4) is 0 Å². The van der Waals surface area contributed by atoms with E-state index < -0.39 is 0 Å². The average Bonchev–Trinajstić information content (AvgIpc) is 2.98. The minimum absolute atomic E-state index is 0.0394. The summed E-state index contributed by atoms with van der Waals surface area (Å²) in [5, 5.41) is 0.827. The Morgan fingerprint density at radius 3 is 2.76 bits per heavy atom. The zero-order chi connectivity index (χ0) is 14.2. The van der Waals surface area contributed by atoms with E-state index in [4.69, 9.17) is 9.47 Å². The maximum absolute atomic E-state index is 12.6. The number of nitrogens with zero attached hydrogens (tertiary/aromatic N) is 1. The molecule has 1 aliphatic carbocycles. The van der Waals surface area contributed by atoms with Gasteiger partial charge in [-0.3, -0.25) is 0 Å². The molecular weight excluding hydrogens is 333 g/mol. The first-order valence-corrected chi connectivity index (χ1v) is 9.37. The van der Waals surface area contributed by atoms with Gasteiger partial charge < -0.3 is 0 Å². The predicted octanol–water partition coefficient (Wildman–Crippen LogP) is 2.76. The molecule has 0 saturated heterocycles. The first-order valence-electron chi connectivity index (χ1n) is 7.75. The number of rotatable bonds is 2. The van der Waals surface area contributed by atoms with Crippen molar-refractivity contribution in [3.05, 3.63) is 22.5 Å². The van der Waals surface area contributed by atoms with Crippen molar-refractivity contribution in [3.63, 3.8) is 0 Å². The minimum atomic E-state index is 0.0394. The Bertz CT molecular complexity index is 710. The molecular formula is C16H19NO3Se. The van der Waals surface area contributed by atoms with E-state index in [1.807, 2.05) is 12.1 Å². The Morgan fingerprint density at radius 1 is 1.14 bits per heavy atom. The van der Waals surface area contributed by atoms with Crippen molar-refractivity contribution in [2.24, 2.45) is 5.92 Å². The summed E-state index contributed by atoms with van der Waals surface area (Å²) < 4.78 is 14.1. The standard InChI is InChI=1S/C16H19NO3Se/c18-16-12-7-8-13-14(20-10-19-13)15(12)21-17(16)9-11-5-3-1-2-4-6-11/h7-8,11H,1-6,9-10H2. The molecule has 0 amide bonds. The van der Waals surface area contributed by atoms with Gasteiger partial charge in [0.05, 0.1) is 0 Å². The van der Waals surface area contributed by atoms with E-state index in [-0.39, 0.29) is 27.1 Å². The second kappa shape index (κ2) is 5.54. The second-order valence-corrected chi connectivity index (χ2v) is 8.16. The van der Waals surface area contributed by atoms with Crippen molar-refractivity contribution in [2.45, 2.75) is 45.1 Å². The van der Waals surface area contributed by atoms with Crippen LogP contribution in [0.5, 0.6) is 11.5 Å². The molecule has 0 radical (unpaired) electrons. The van der Waals surface area contributed by atoms with E-state index in [2.05, 4.69) is 3.56 Å². The summed E-state index contributed by atoms with van der Waals surface area (Å²) in [7, 11) is 0. The van der Waals surface area contributed by atoms with E-state index >= 15 is 0 Å². The molecule has 112 valence electrons. The molecule has 0 atom stereocenters. The van der Waals surface area contributed by atoms with Gasteiger partial charge >= 0.3 is 129 Å². The number of aromatic nitrogens is 1. The SMILES string of the molecule is O=c1c2ccc3c(c2[se]n1CC1CCCCCC1)OCO3. The first-order chi connectivity index (χ1) is 10.3. The molecule has 1 saturated carbocycles. The number of hydrogen-bond acceptors (Lipinski definition) is 3. The third-order valence-electron chi connectivity index (χ3n) is 4.55. The zero-order valence-electron chi connectivity index (χ0n) is 12.0.